The Balaban J connectivity index is 1.93. The van der Waals surface area contributed by atoms with Crippen molar-refractivity contribution in [1.29, 1.82) is 0 Å². The maximum Gasteiger partial charge on any atom is 0.338 e. The van der Waals surface area contributed by atoms with Gasteiger partial charge in [0.2, 0.25) is 0 Å². The van der Waals surface area contributed by atoms with Gasteiger partial charge in [0, 0.05) is 0 Å². The molecule has 0 bridgehead atoms. The highest BCUT2D eigenvalue weighted by molar-refractivity contribution is 5.94. The first-order valence-electron chi connectivity index (χ1n) is 13.5. The fraction of sp³-hybridized carbons (Fsp3) is 0.257. The number of esters is 2. The van der Waals surface area contributed by atoms with Crippen LogP contribution in [0.1, 0.15) is 79.1 Å². The molecule has 0 heterocycles. The van der Waals surface area contributed by atoms with E-state index in [1.165, 1.54) is 0 Å². The minimum Gasteiger partial charge on any atom is -0.462 e. The standard InChI is InChI=1S/C35H34O4/c1-7-38-33(36)29-19-25(13-11-23(29)5)35(26-14-12-24(6)30(20-26)34(37)39-8-2)31-17-21(3)9-15-27(31)28-16-10-22(4)18-32(28)35/h9-20H,7-8H2,1-6H3. The van der Waals surface area contributed by atoms with E-state index >= 15 is 0 Å². The third-order valence-corrected chi connectivity index (χ3v) is 7.78. The van der Waals surface area contributed by atoms with E-state index in [2.05, 4.69) is 62.4 Å². The van der Waals surface area contributed by atoms with Crippen molar-refractivity contribution in [2.75, 3.05) is 13.2 Å². The Morgan fingerprint density at radius 2 is 1.00 bits per heavy atom. The highest BCUT2D eigenvalue weighted by Gasteiger charge is 2.47. The van der Waals surface area contributed by atoms with Gasteiger partial charge in [0.25, 0.3) is 0 Å². The predicted octanol–water partition coefficient (Wildman–Crippen LogP) is 7.64. The van der Waals surface area contributed by atoms with Gasteiger partial charge in [-0.2, -0.15) is 0 Å². The molecule has 5 rings (SSSR count). The molecule has 0 fully saturated rings. The number of carbonyl (C=O) groups is 2. The number of hydrogen-bond donors (Lipinski definition) is 0. The summed E-state index contributed by atoms with van der Waals surface area (Å²) < 4.78 is 10.9. The molecular weight excluding hydrogens is 484 g/mol. The van der Waals surface area contributed by atoms with Crippen LogP contribution in [-0.4, -0.2) is 25.2 Å². The van der Waals surface area contributed by atoms with Crippen molar-refractivity contribution < 1.29 is 19.1 Å². The van der Waals surface area contributed by atoms with Gasteiger partial charge in [0.1, 0.15) is 0 Å². The van der Waals surface area contributed by atoms with Crippen LogP contribution in [0.15, 0.2) is 72.8 Å². The second kappa shape index (κ2) is 10.2. The second-order valence-electron chi connectivity index (χ2n) is 10.3. The number of fused-ring (bicyclic) bond motifs is 3. The van der Waals surface area contributed by atoms with Crippen LogP contribution in [0.4, 0.5) is 0 Å². The smallest absolute Gasteiger partial charge is 0.338 e. The summed E-state index contributed by atoms with van der Waals surface area (Å²) in [5, 5.41) is 0. The molecule has 4 aromatic carbocycles. The third-order valence-electron chi connectivity index (χ3n) is 7.78. The average molecular weight is 519 g/mol. The molecule has 39 heavy (non-hydrogen) atoms. The van der Waals surface area contributed by atoms with E-state index in [0.717, 1.165) is 55.6 Å². The molecular formula is C35H34O4. The first-order valence-corrected chi connectivity index (χ1v) is 13.5. The molecule has 0 spiro atoms. The molecule has 4 nitrogen and oxygen atoms in total. The van der Waals surface area contributed by atoms with Crippen LogP contribution < -0.4 is 0 Å². The van der Waals surface area contributed by atoms with Crippen molar-refractivity contribution in [3.05, 3.63) is 128 Å². The summed E-state index contributed by atoms with van der Waals surface area (Å²) >= 11 is 0. The summed E-state index contributed by atoms with van der Waals surface area (Å²) in [7, 11) is 0. The zero-order chi connectivity index (χ0) is 27.9. The highest BCUT2D eigenvalue weighted by Crippen LogP contribution is 2.56. The maximum absolute atomic E-state index is 13.0. The average Bonchev–Trinajstić information content (AvgIpc) is 3.18. The molecule has 0 aromatic heterocycles. The van der Waals surface area contributed by atoms with E-state index < -0.39 is 5.41 Å². The molecule has 0 saturated heterocycles. The molecule has 0 aliphatic heterocycles. The highest BCUT2D eigenvalue weighted by atomic mass is 16.5. The first kappa shape index (κ1) is 26.4. The third kappa shape index (κ3) is 4.24. The number of hydrogen-bond acceptors (Lipinski definition) is 4. The number of benzene rings is 4. The summed E-state index contributed by atoms with van der Waals surface area (Å²) in [4.78, 5) is 26.1. The van der Waals surface area contributed by atoms with Gasteiger partial charge < -0.3 is 9.47 Å². The van der Waals surface area contributed by atoms with Gasteiger partial charge in [-0.3, -0.25) is 0 Å². The van der Waals surface area contributed by atoms with Crippen LogP contribution in [0.3, 0.4) is 0 Å². The molecule has 0 amide bonds. The predicted molar refractivity (Wildman–Crippen MR) is 155 cm³/mol. The van der Waals surface area contributed by atoms with Crippen LogP contribution >= 0.6 is 0 Å². The summed E-state index contributed by atoms with van der Waals surface area (Å²) in [5.74, 6) is -0.676. The Kier molecular flexibility index (Phi) is 6.90. The van der Waals surface area contributed by atoms with Crippen LogP contribution in [0, 0.1) is 27.7 Å². The molecule has 0 saturated carbocycles. The zero-order valence-electron chi connectivity index (χ0n) is 23.5. The van der Waals surface area contributed by atoms with Crippen LogP contribution in [0.2, 0.25) is 0 Å². The Hall–Kier alpha value is -4.18. The van der Waals surface area contributed by atoms with Crippen LogP contribution in [0.5, 0.6) is 0 Å². The van der Waals surface area contributed by atoms with Gasteiger partial charge in [0.15, 0.2) is 0 Å². The van der Waals surface area contributed by atoms with E-state index in [1.54, 1.807) is 0 Å². The summed E-state index contributed by atoms with van der Waals surface area (Å²) in [6.07, 6.45) is 0. The fourth-order valence-electron chi connectivity index (χ4n) is 5.91. The van der Waals surface area contributed by atoms with Crippen molar-refractivity contribution in [2.45, 2.75) is 47.0 Å². The number of rotatable bonds is 6. The van der Waals surface area contributed by atoms with Gasteiger partial charge in [-0.1, -0.05) is 71.8 Å². The SMILES string of the molecule is CCOC(=O)c1cc(C2(c3ccc(C)c(C(=O)OCC)c3)c3cc(C)ccc3-c3ccc(C)cc32)ccc1C. The van der Waals surface area contributed by atoms with Crippen molar-refractivity contribution >= 4 is 11.9 Å². The quantitative estimate of drug-likeness (QED) is 0.217. The molecule has 4 aromatic rings. The van der Waals surface area contributed by atoms with Gasteiger partial charge in [-0.25, -0.2) is 9.59 Å². The number of carbonyl (C=O) groups excluding carboxylic acids is 2. The fourth-order valence-corrected chi connectivity index (χ4v) is 5.91. The molecule has 1 aliphatic rings. The minimum absolute atomic E-state index is 0.304. The van der Waals surface area contributed by atoms with E-state index in [0.29, 0.717) is 24.3 Å². The van der Waals surface area contributed by atoms with E-state index in [1.807, 2.05) is 52.0 Å². The van der Waals surface area contributed by atoms with Gasteiger partial charge >= 0.3 is 11.9 Å². The molecule has 4 heteroatoms. The maximum atomic E-state index is 13.0. The molecule has 0 unspecified atom stereocenters. The molecule has 0 radical (unpaired) electrons. The Morgan fingerprint density at radius 3 is 1.38 bits per heavy atom. The minimum atomic E-state index is -0.757. The Bertz CT molecular complexity index is 1490. The van der Waals surface area contributed by atoms with Gasteiger partial charge in [-0.15, -0.1) is 0 Å². The lowest BCUT2D eigenvalue weighted by molar-refractivity contribution is 0.0516. The zero-order valence-corrected chi connectivity index (χ0v) is 23.5. The van der Waals surface area contributed by atoms with Gasteiger partial charge in [-0.05, 0) is 98.2 Å². The van der Waals surface area contributed by atoms with E-state index in [4.69, 9.17) is 9.47 Å². The van der Waals surface area contributed by atoms with Crippen molar-refractivity contribution in [3.63, 3.8) is 0 Å². The van der Waals surface area contributed by atoms with Crippen molar-refractivity contribution in [3.8, 4) is 11.1 Å². The van der Waals surface area contributed by atoms with Crippen LogP contribution in [0.25, 0.3) is 11.1 Å². The number of aryl methyl sites for hydroxylation is 4. The summed E-state index contributed by atoms with van der Waals surface area (Å²) in [6.45, 7) is 12.3. The first-order chi connectivity index (χ1) is 18.7. The Labute approximate surface area is 230 Å². The largest absolute Gasteiger partial charge is 0.462 e. The lowest BCUT2D eigenvalue weighted by Gasteiger charge is -2.35. The normalized spacial score (nSPS) is 13.0. The van der Waals surface area contributed by atoms with E-state index in [-0.39, 0.29) is 11.9 Å². The molecule has 0 N–H and O–H groups in total. The van der Waals surface area contributed by atoms with Crippen molar-refractivity contribution in [1.82, 2.24) is 0 Å². The molecule has 198 valence electrons. The van der Waals surface area contributed by atoms with Crippen LogP contribution in [-0.2, 0) is 14.9 Å². The lowest BCUT2D eigenvalue weighted by Crippen LogP contribution is -2.30. The van der Waals surface area contributed by atoms with E-state index in [9.17, 15) is 9.59 Å². The summed E-state index contributed by atoms with van der Waals surface area (Å²) in [5.41, 5.74) is 10.8. The summed E-state index contributed by atoms with van der Waals surface area (Å²) in [6, 6.07) is 25.2. The molecule has 1 aliphatic carbocycles. The topological polar surface area (TPSA) is 52.6 Å². The monoisotopic (exact) mass is 518 g/mol. The second-order valence-corrected chi connectivity index (χ2v) is 10.3. The van der Waals surface area contributed by atoms with Gasteiger partial charge in [0.05, 0.1) is 29.8 Å². The number of ether oxygens (including phenoxy) is 2. The lowest BCUT2D eigenvalue weighted by atomic mass is 9.66. The Morgan fingerprint density at radius 1 is 0.590 bits per heavy atom. The molecule has 0 atom stereocenters. The van der Waals surface area contributed by atoms with Crippen molar-refractivity contribution in [2.24, 2.45) is 0 Å².